The van der Waals surface area contributed by atoms with E-state index < -0.39 is 11.6 Å². The summed E-state index contributed by atoms with van der Waals surface area (Å²) in [6, 6.07) is 0. The average molecular weight is 206 g/mol. The molecule has 0 aliphatic heterocycles. The molecule has 0 aromatic heterocycles. The van der Waals surface area contributed by atoms with Crippen LogP contribution in [0.3, 0.4) is 0 Å². The van der Waals surface area contributed by atoms with Crippen LogP contribution < -0.4 is 0 Å². The van der Waals surface area contributed by atoms with Crippen molar-refractivity contribution in [2.45, 2.75) is 52.3 Å². The summed E-state index contributed by atoms with van der Waals surface area (Å²) >= 11 is 0. The van der Waals surface area contributed by atoms with Gasteiger partial charge in [-0.2, -0.15) is 0 Å². The Morgan fingerprint density at radius 3 is 2.00 bits per heavy atom. The third kappa shape index (κ3) is 5.54. The Morgan fingerprint density at radius 1 is 1.14 bits per heavy atom. The van der Waals surface area contributed by atoms with Crippen LogP contribution in [0.1, 0.15) is 34.6 Å². The second-order valence-electron chi connectivity index (χ2n) is 4.22. The fourth-order valence-corrected chi connectivity index (χ4v) is 1.18. The van der Waals surface area contributed by atoms with Gasteiger partial charge in [0.2, 0.25) is 0 Å². The van der Waals surface area contributed by atoms with Gasteiger partial charge < -0.3 is 19.3 Å². The van der Waals surface area contributed by atoms with Gasteiger partial charge in [0, 0.05) is 7.11 Å². The Bertz CT molecular complexity index is 166. The minimum atomic E-state index is -0.776. The Balaban J connectivity index is 4.19. The van der Waals surface area contributed by atoms with Gasteiger partial charge >= 0.3 is 0 Å². The molecule has 0 spiro atoms. The van der Waals surface area contributed by atoms with Crippen molar-refractivity contribution >= 4 is 0 Å². The lowest BCUT2D eigenvalue weighted by Gasteiger charge is -2.36. The van der Waals surface area contributed by atoms with E-state index in [0.717, 1.165) is 0 Å². The highest BCUT2D eigenvalue weighted by atomic mass is 16.8. The fraction of sp³-hybridized carbons (Fsp3) is 1.00. The quantitative estimate of drug-likeness (QED) is 0.669. The zero-order valence-electron chi connectivity index (χ0n) is 9.96. The molecule has 0 saturated carbocycles. The number of ether oxygens (including phenoxy) is 3. The molecular formula is C10H22O4. The minimum absolute atomic E-state index is 0.0276. The van der Waals surface area contributed by atoms with E-state index in [2.05, 4.69) is 0 Å². The smallest absolute Gasteiger partial charge is 0.166 e. The second kappa shape index (κ2) is 5.07. The van der Waals surface area contributed by atoms with Crippen LogP contribution in [-0.2, 0) is 14.2 Å². The van der Waals surface area contributed by atoms with Crippen molar-refractivity contribution in [2.75, 3.05) is 13.7 Å². The SMILES string of the molecule is COC(C)(C)OC(C)(C)OC(C)CO. The lowest BCUT2D eigenvalue weighted by molar-refractivity contribution is -0.338. The first kappa shape index (κ1) is 13.8. The first-order valence-electron chi connectivity index (χ1n) is 4.76. The summed E-state index contributed by atoms with van der Waals surface area (Å²) in [5, 5.41) is 8.84. The standard InChI is InChI=1S/C10H22O4/c1-8(7-11)13-10(4,5)14-9(2,3)12-6/h8,11H,7H2,1-6H3. The highest BCUT2D eigenvalue weighted by molar-refractivity contribution is 4.63. The average Bonchev–Trinajstić information content (AvgIpc) is 2.01. The van der Waals surface area contributed by atoms with E-state index in [-0.39, 0.29) is 12.7 Å². The molecule has 0 aliphatic rings. The first-order valence-corrected chi connectivity index (χ1v) is 4.76. The van der Waals surface area contributed by atoms with E-state index in [1.165, 1.54) is 0 Å². The number of aliphatic hydroxyl groups excluding tert-OH is 1. The van der Waals surface area contributed by atoms with Gasteiger partial charge in [-0.05, 0) is 34.6 Å². The van der Waals surface area contributed by atoms with E-state index >= 15 is 0 Å². The van der Waals surface area contributed by atoms with Gasteiger partial charge in [0.15, 0.2) is 11.6 Å². The van der Waals surface area contributed by atoms with Crippen LogP contribution in [0.2, 0.25) is 0 Å². The maximum atomic E-state index is 8.84. The molecule has 86 valence electrons. The van der Waals surface area contributed by atoms with Crippen molar-refractivity contribution in [1.29, 1.82) is 0 Å². The van der Waals surface area contributed by atoms with E-state index in [0.29, 0.717) is 0 Å². The van der Waals surface area contributed by atoms with Gasteiger partial charge in [-0.3, -0.25) is 0 Å². The van der Waals surface area contributed by atoms with Gasteiger partial charge in [0.1, 0.15) is 0 Å². The molecule has 0 fully saturated rings. The third-order valence-electron chi connectivity index (χ3n) is 1.73. The van der Waals surface area contributed by atoms with Crippen LogP contribution in [0.4, 0.5) is 0 Å². The maximum Gasteiger partial charge on any atom is 0.166 e. The topological polar surface area (TPSA) is 47.9 Å². The largest absolute Gasteiger partial charge is 0.394 e. The summed E-state index contributed by atoms with van der Waals surface area (Å²) in [6.07, 6.45) is -0.252. The van der Waals surface area contributed by atoms with E-state index in [9.17, 15) is 0 Å². The zero-order valence-corrected chi connectivity index (χ0v) is 9.96. The summed E-state index contributed by atoms with van der Waals surface area (Å²) < 4.78 is 16.2. The van der Waals surface area contributed by atoms with Crippen LogP contribution in [-0.4, -0.2) is 36.5 Å². The summed E-state index contributed by atoms with van der Waals surface area (Å²) in [6.45, 7) is 8.95. The van der Waals surface area contributed by atoms with Crippen molar-refractivity contribution in [3.63, 3.8) is 0 Å². The Morgan fingerprint density at radius 2 is 1.64 bits per heavy atom. The highest BCUT2D eigenvalue weighted by Crippen LogP contribution is 2.23. The molecule has 0 radical (unpaired) electrons. The molecular weight excluding hydrogens is 184 g/mol. The first-order chi connectivity index (χ1) is 6.22. The molecule has 0 aromatic rings. The fourth-order valence-electron chi connectivity index (χ4n) is 1.18. The number of hydrogen-bond acceptors (Lipinski definition) is 4. The number of methoxy groups -OCH3 is 1. The Labute approximate surface area is 86.2 Å². The predicted molar refractivity (Wildman–Crippen MR) is 53.9 cm³/mol. The molecule has 4 heteroatoms. The summed E-state index contributed by atoms with van der Waals surface area (Å²) in [4.78, 5) is 0. The molecule has 0 saturated heterocycles. The molecule has 0 rings (SSSR count). The van der Waals surface area contributed by atoms with Gasteiger partial charge in [0.25, 0.3) is 0 Å². The third-order valence-corrected chi connectivity index (χ3v) is 1.73. The molecule has 0 amide bonds. The van der Waals surface area contributed by atoms with Crippen LogP contribution in [0.15, 0.2) is 0 Å². The summed E-state index contributed by atoms with van der Waals surface area (Å²) in [5.41, 5.74) is 0. The van der Waals surface area contributed by atoms with Crippen molar-refractivity contribution in [3.8, 4) is 0 Å². The summed E-state index contributed by atoms with van der Waals surface area (Å²) in [5.74, 6) is -1.47. The Hall–Kier alpha value is -0.160. The highest BCUT2D eigenvalue weighted by Gasteiger charge is 2.30. The molecule has 0 heterocycles. The van der Waals surface area contributed by atoms with Crippen LogP contribution >= 0.6 is 0 Å². The molecule has 1 N–H and O–H groups in total. The van der Waals surface area contributed by atoms with Crippen molar-refractivity contribution in [1.82, 2.24) is 0 Å². The summed E-state index contributed by atoms with van der Waals surface area (Å²) in [7, 11) is 1.57. The van der Waals surface area contributed by atoms with E-state index in [1.54, 1.807) is 27.9 Å². The Kier molecular flexibility index (Phi) is 5.01. The van der Waals surface area contributed by atoms with Crippen LogP contribution in [0, 0.1) is 0 Å². The number of rotatable bonds is 6. The molecule has 1 unspecified atom stereocenters. The zero-order chi connectivity index (χ0) is 11.4. The minimum Gasteiger partial charge on any atom is -0.394 e. The van der Waals surface area contributed by atoms with E-state index in [1.807, 2.05) is 13.8 Å². The molecule has 0 bridgehead atoms. The molecule has 14 heavy (non-hydrogen) atoms. The number of aliphatic hydroxyl groups is 1. The van der Waals surface area contributed by atoms with Crippen LogP contribution in [0.5, 0.6) is 0 Å². The maximum absolute atomic E-state index is 8.84. The predicted octanol–water partition coefficient (Wildman–Crippen LogP) is 1.52. The monoisotopic (exact) mass is 206 g/mol. The molecule has 4 nitrogen and oxygen atoms in total. The van der Waals surface area contributed by atoms with Crippen molar-refractivity contribution in [2.24, 2.45) is 0 Å². The number of hydrogen-bond donors (Lipinski definition) is 1. The van der Waals surface area contributed by atoms with Gasteiger partial charge in [-0.15, -0.1) is 0 Å². The van der Waals surface area contributed by atoms with Crippen molar-refractivity contribution < 1.29 is 19.3 Å². The molecule has 0 aliphatic carbocycles. The van der Waals surface area contributed by atoms with Gasteiger partial charge in [0.05, 0.1) is 12.7 Å². The lowest BCUT2D eigenvalue weighted by atomic mass is 10.3. The van der Waals surface area contributed by atoms with Gasteiger partial charge in [-0.1, -0.05) is 0 Å². The molecule has 1 atom stereocenters. The van der Waals surface area contributed by atoms with E-state index in [4.69, 9.17) is 19.3 Å². The molecule has 0 aromatic carbocycles. The second-order valence-corrected chi connectivity index (χ2v) is 4.22. The van der Waals surface area contributed by atoms with Crippen molar-refractivity contribution in [3.05, 3.63) is 0 Å². The van der Waals surface area contributed by atoms with Gasteiger partial charge in [-0.25, -0.2) is 0 Å². The lowest BCUT2D eigenvalue weighted by Crippen LogP contribution is -2.42. The normalized spacial score (nSPS) is 15.6. The van der Waals surface area contributed by atoms with Crippen LogP contribution in [0.25, 0.3) is 0 Å².